The molecule has 0 saturated carbocycles. The first kappa shape index (κ1) is 22.4. The quantitative estimate of drug-likeness (QED) is 0.331. The summed E-state index contributed by atoms with van der Waals surface area (Å²) in [6.45, 7) is 4.95. The Labute approximate surface area is 146 Å². The summed E-state index contributed by atoms with van der Waals surface area (Å²) >= 11 is 0. The van der Waals surface area contributed by atoms with Crippen molar-refractivity contribution in [3.63, 3.8) is 0 Å². The average molecular weight is 339 g/mol. The van der Waals surface area contributed by atoms with Crippen LogP contribution < -0.4 is 5.32 Å². The van der Waals surface area contributed by atoms with Crippen LogP contribution in [0.3, 0.4) is 0 Å². The second kappa shape index (κ2) is 16.2. The van der Waals surface area contributed by atoms with Crippen molar-refractivity contribution in [3.05, 3.63) is 12.2 Å². The molecule has 5 heteroatoms. The molecule has 5 nitrogen and oxygen atoms in total. The van der Waals surface area contributed by atoms with E-state index in [9.17, 15) is 14.4 Å². The first-order valence-electron chi connectivity index (χ1n) is 9.28. The lowest BCUT2D eigenvalue weighted by Gasteiger charge is -2.04. The molecule has 0 fully saturated rings. The van der Waals surface area contributed by atoms with Crippen molar-refractivity contribution >= 4 is 17.8 Å². The van der Waals surface area contributed by atoms with Gasteiger partial charge in [0.2, 0.25) is 0 Å². The Balaban J connectivity index is 0.000000620. The largest absolute Gasteiger partial charge is 0.466 e. The minimum atomic E-state index is -0.329. The summed E-state index contributed by atoms with van der Waals surface area (Å²) in [4.78, 5) is 31.3. The molecule has 0 aromatic carbocycles. The molecule has 138 valence electrons. The monoisotopic (exact) mass is 339 g/mol. The average Bonchev–Trinajstić information content (AvgIpc) is 2.94. The number of esters is 1. The lowest BCUT2D eigenvalue weighted by atomic mass is 10.1. The Bertz CT molecular complexity index is 375. The van der Waals surface area contributed by atoms with Crippen LogP contribution in [0.5, 0.6) is 0 Å². The maximum absolute atomic E-state index is 11.3. The van der Waals surface area contributed by atoms with Gasteiger partial charge >= 0.3 is 5.97 Å². The number of carbonyl (C=O) groups excluding carboxylic acids is 3. The van der Waals surface area contributed by atoms with E-state index in [2.05, 4.69) is 13.8 Å². The van der Waals surface area contributed by atoms with Crippen LogP contribution in [-0.4, -0.2) is 24.4 Å². The second-order valence-electron chi connectivity index (χ2n) is 5.99. The van der Waals surface area contributed by atoms with Crippen molar-refractivity contribution in [1.82, 2.24) is 5.32 Å². The summed E-state index contributed by atoms with van der Waals surface area (Å²) in [6.07, 6.45) is 15.2. The van der Waals surface area contributed by atoms with Gasteiger partial charge < -0.3 is 4.74 Å². The molecule has 0 bridgehead atoms. The number of ether oxygens (including phenoxy) is 1. The summed E-state index contributed by atoms with van der Waals surface area (Å²) in [6, 6.07) is 0. The van der Waals surface area contributed by atoms with E-state index in [-0.39, 0.29) is 17.8 Å². The van der Waals surface area contributed by atoms with Crippen LogP contribution in [0.25, 0.3) is 0 Å². The Morgan fingerprint density at radius 3 is 1.79 bits per heavy atom. The molecule has 0 unspecified atom stereocenters. The Morgan fingerprint density at radius 1 is 0.833 bits per heavy atom. The van der Waals surface area contributed by atoms with Crippen LogP contribution in [-0.2, 0) is 19.1 Å². The van der Waals surface area contributed by atoms with E-state index in [0.29, 0.717) is 13.0 Å². The molecule has 0 aromatic heterocycles. The fourth-order valence-corrected chi connectivity index (χ4v) is 2.16. The van der Waals surface area contributed by atoms with Crippen LogP contribution >= 0.6 is 0 Å². The number of imide groups is 1. The fraction of sp³-hybridized carbons (Fsp3) is 0.737. The molecular formula is C19H33NO4. The molecule has 1 aliphatic heterocycles. The highest BCUT2D eigenvalue weighted by molar-refractivity contribution is 6.12. The molecule has 0 saturated heterocycles. The summed E-state index contributed by atoms with van der Waals surface area (Å²) in [7, 11) is 0. The highest BCUT2D eigenvalue weighted by Crippen LogP contribution is 2.09. The van der Waals surface area contributed by atoms with Crippen molar-refractivity contribution in [2.24, 2.45) is 0 Å². The maximum atomic E-state index is 11.3. The lowest BCUT2D eigenvalue weighted by Crippen LogP contribution is -2.19. The van der Waals surface area contributed by atoms with E-state index >= 15 is 0 Å². The molecule has 2 amide bonds. The van der Waals surface area contributed by atoms with Crippen LogP contribution in [0.4, 0.5) is 0 Å². The van der Waals surface area contributed by atoms with E-state index < -0.39 is 0 Å². The van der Waals surface area contributed by atoms with Gasteiger partial charge in [0.15, 0.2) is 0 Å². The molecule has 24 heavy (non-hydrogen) atoms. The van der Waals surface area contributed by atoms with Crippen LogP contribution in [0.15, 0.2) is 12.2 Å². The summed E-state index contributed by atoms with van der Waals surface area (Å²) < 4.78 is 5.10. The molecule has 0 radical (unpaired) electrons. The van der Waals surface area contributed by atoms with Gasteiger partial charge in [-0.1, -0.05) is 65.2 Å². The SMILES string of the molecule is CCCCCCCCCCC(=O)OCCCC.O=C1C=CC(=O)N1. The van der Waals surface area contributed by atoms with Gasteiger partial charge in [-0.15, -0.1) is 0 Å². The van der Waals surface area contributed by atoms with E-state index in [1.54, 1.807) is 0 Å². The third-order valence-corrected chi connectivity index (χ3v) is 3.63. The minimum absolute atomic E-state index is 0.00978. The van der Waals surface area contributed by atoms with E-state index in [4.69, 9.17) is 4.74 Å². The number of amides is 2. The van der Waals surface area contributed by atoms with E-state index in [0.717, 1.165) is 19.3 Å². The van der Waals surface area contributed by atoms with Crippen molar-refractivity contribution in [3.8, 4) is 0 Å². The predicted molar refractivity (Wildman–Crippen MR) is 95.4 cm³/mol. The summed E-state index contributed by atoms with van der Waals surface area (Å²) in [5, 5.41) is 2.03. The highest BCUT2D eigenvalue weighted by atomic mass is 16.5. The van der Waals surface area contributed by atoms with Gasteiger partial charge in [-0.25, -0.2) is 0 Å². The smallest absolute Gasteiger partial charge is 0.305 e. The van der Waals surface area contributed by atoms with Gasteiger partial charge in [-0.05, 0) is 12.8 Å². The number of carbonyl (C=O) groups is 3. The first-order chi connectivity index (χ1) is 11.6. The van der Waals surface area contributed by atoms with Gasteiger partial charge in [0.25, 0.3) is 11.8 Å². The van der Waals surface area contributed by atoms with Crippen molar-refractivity contribution < 1.29 is 19.1 Å². The van der Waals surface area contributed by atoms with E-state index in [1.165, 1.54) is 57.1 Å². The fourth-order valence-electron chi connectivity index (χ4n) is 2.16. The zero-order valence-corrected chi connectivity index (χ0v) is 15.3. The second-order valence-corrected chi connectivity index (χ2v) is 5.99. The van der Waals surface area contributed by atoms with Gasteiger partial charge in [0.05, 0.1) is 6.61 Å². The van der Waals surface area contributed by atoms with E-state index in [1.807, 2.05) is 5.32 Å². The Morgan fingerprint density at radius 2 is 1.33 bits per heavy atom. The Hall–Kier alpha value is -1.65. The van der Waals surface area contributed by atoms with Crippen molar-refractivity contribution in [2.75, 3.05) is 6.61 Å². The zero-order valence-electron chi connectivity index (χ0n) is 15.3. The minimum Gasteiger partial charge on any atom is -0.466 e. The third-order valence-electron chi connectivity index (χ3n) is 3.63. The summed E-state index contributed by atoms with van der Waals surface area (Å²) in [5.41, 5.74) is 0. The Kier molecular flexibility index (Phi) is 15.1. The number of hydrogen-bond donors (Lipinski definition) is 1. The lowest BCUT2D eigenvalue weighted by molar-refractivity contribution is -0.143. The van der Waals surface area contributed by atoms with Gasteiger partial charge in [0, 0.05) is 18.6 Å². The molecule has 0 aliphatic carbocycles. The summed E-state index contributed by atoms with van der Waals surface area (Å²) in [5.74, 6) is -0.667. The normalized spacial score (nSPS) is 12.6. The molecular weight excluding hydrogens is 306 g/mol. The van der Waals surface area contributed by atoms with Crippen LogP contribution in [0.1, 0.15) is 84.5 Å². The van der Waals surface area contributed by atoms with Gasteiger partial charge in [0.1, 0.15) is 0 Å². The number of nitrogens with one attached hydrogen (secondary N) is 1. The van der Waals surface area contributed by atoms with Crippen LogP contribution in [0, 0.1) is 0 Å². The molecule has 0 spiro atoms. The first-order valence-corrected chi connectivity index (χ1v) is 9.28. The molecule has 1 heterocycles. The topological polar surface area (TPSA) is 72.5 Å². The number of unbranched alkanes of at least 4 members (excludes halogenated alkanes) is 8. The van der Waals surface area contributed by atoms with Crippen molar-refractivity contribution in [2.45, 2.75) is 84.5 Å². The predicted octanol–water partition coefficient (Wildman–Crippen LogP) is 4.06. The molecule has 0 atom stereocenters. The standard InChI is InChI=1S/C15H30O2.C4H3NO2/c1-3-5-7-8-9-10-11-12-13-15(16)17-14-6-4-2;6-3-1-2-4(7)5-3/h3-14H2,1-2H3;1-2H,(H,5,6,7). The van der Waals surface area contributed by atoms with Crippen molar-refractivity contribution in [1.29, 1.82) is 0 Å². The highest BCUT2D eigenvalue weighted by Gasteiger charge is 2.06. The molecule has 1 rings (SSSR count). The third kappa shape index (κ3) is 15.3. The molecule has 1 aliphatic rings. The molecule has 0 aromatic rings. The van der Waals surface area contributed by atoms with Crippen LogP contribution in [0.2, 0.25) is 0 Å². The zero-order chi connectivity index (χ0) is 18.0. The van der Waals surface area contributed by atoms with Gasteiger partial charge in [-0.2, -0.15) is 0 Å². The maximum Gasteiger partial charge on any atom is 0.305 e. The molecule has 1 N–H and O–H groups in total. The number of hydrogen-bond acceptors (Lipinski definition) is 4. The number of rotatable bonds is 12. The van der Waals surface area contributed by atoms with Gasteiger partial charge in [-0.3, -0.25) is 19.7 Å².